The second-order valence-electron chi connectivity index (χ2n) is 6.62. The molecule has 0 aliphatic carbocycles. The molecule has 28 heavy (non-hydrogen) atoms. The lowest BCUT2D eigenvalue weighted by atomic mass is 10.1. The number of pyridine rings is 2. The molecular formula is C21H21N5O2. The maximum absolute atomic E-state index is 5.50. The van der Waals surface area contributed by atoms with Gasteiger partial charge in [-0.3, -0.25) is 0 Å². The molecule has 3 heterocycles. The van der Waals surface area contributed by atoms with Crippen molar-refractivity contribution in [1.82, 2.24) is 20.1 Å². The SMILES string of the molecule is COCCc1noc(-c2cnc3nc(C)ccc3c2Nc2ccc(C)cc2)n1. The minimum Gasteiger partial charge on any atom is -0.384 e. The number of nitrogens with zero attached hydrogens (tertiary/aromatic N) is 4. The van der Waals surface area contributed by atoms with Gasteiger partial charge in [0.2, 0.25) is 0 Å². The molecule has 0 radical (unpaired) electrons. The van der Waals surface area contributed by atoms with Gasteiger partial charge in [0.1, 0.15) is 0 Å². The summed E-state index contributed by atoms with van der Waals surface area (Å²) in [7, 11) is 1.65. The average Bonchev–Trinajstić information content (AvgIpc) is 3.16. The summed E-state index contributed by atoms with van der Waals surface area (Å²) in [6, 6.07) is 12.2. The predicted molar refractivity (Wildman–Crippen MR) is 108 cm³/mol. The molecule has 142 valence electrons. The van der Waals surface area contributed by atoms with Crippen LogP contribution < -0.4 is 5.32 Å². The maximum atomic E-state index is 5.50. The molecule has 1 N–H and O–H groups in total. The zero-order valence-corrected chi connectivity index (χ0v) is 16.1. The number of benzene rings is 1. The normalized spacial score (nSPS) is 11.1. The summed E-state index contributed by atoms with van der Waals surface area (Å²) >= 11 is 0. The molecule has 0 aliphatic rings. The molecule has 0 saturated heterocycles. The first-order chi connectivity index (χ1) is 13.6. The van der Waals surface area contributed by atoms with E-state index in [1.54, 1.807) is 13.3 Å². The van der Waals surface area contributed by atoms with Crippen molar-refractivity contribution in [1.29, 1.82) is 0 Å². The van der Waals surface area contributed by atoms with Crippen molar-refractivity contribution in [2.75, 3.05) is 19.0 Å². The first-order valence-corrected chi connectivity index (χ1v) is 9.06. The van der Waals surface area contributed by atoms with E-state index in [2.05, 4.69) is 44.5 Å². The Labute approximate surface area is 162 Å². The van der Waals surface area contributed by atoms with E-state index in [0.29, 0.717) is 30.4 Å². The topological polar surface area (TPSA) is 86.0 Å². The van der Waals surface area contributed by atoms with Crippen molar-refractivity contribution in [3.05, 3.63) is 59.7 Å². The fourth-order valence-corrected chi connectivity index (χ4v) is 2.91. The van der Waals surface area contributed by atoms with Crippen LogP contribution in [-0.2, 0) is 11.2 Å². The van der Waals surface area contributed by atoms with Gasteiger partial charge in [-0.05, 0) is 38.1 Å². The number of hydrogen-bond acceptors (Lipinski definition) is 7. The lowest BCUT2D eigenvalue weighted by Gasteiger charge is -2.13. The number of rotatable bonds is 6. The Morgan fingerprint density at radius 1 is 1.04 bits per heavy atom. The van der Waals surface area contributed by atoms with E-state index in [9.17, 15) is 0 Å². The Balaban J connectivity index is 1.81. The lowest BCUT2D eigenvalue weighted by molar-refractivity contribution is 0.199. The summed E-state index contributed by atoms with van der Waals surface area (Å²) in [6.45, 7) is 4.54. The highest BCUT2D eigenvalue weighted by atomic mass is 16.5. The Hall–Kier alpha value is -3.32. The van der Waals surface area contributed by atoms with Crippen LogP contribution in [0.3, 0.4) is 0 Å². The highest BCUT2D eigenvalue weighted by Gasteiger charge is 2.17. The van der Waals surface area contributed by atoms with Gasteiger partial charge >= 0.3 is 0 Å². The fraction of sp³-hybridized carbons (Fsp3) is 0.238. The quantitative estimate of drug-likeness (QED) is 0.540. The third-order valence-corrected chi connectivity index (χ3v) is 4.42. The summed E-state index contributed by atoms with van der Waals surface area (Å²) in [5.74, 6) is 1.01. The van der Waals surface area contributed by atoms with Crippen LogP contribution in [0.4, 0.5) is 11.4 Å². The summed E-state index contributed by atoms with van der Waals surface area (Å²) in [5.41, 5.74) is 5.30. The molecule has 0 aliphatic heterocycles. The van der Waals surface area contributed by atoms with Crippen LogP contribution >= 0.6 is 0 Å². The van der Waals surface area contributed by atoms with E-state index in [0.717, 1.165) is 28.0 Å². The van der Waals surface area contributed by atoms with Crippen molar-refractivity contribution in [2.24, 2.45) is 0 Å². The maximum Gasteiger partial charge on any atom is 0.261 e. The molecule has 0 saturated carbocycles. The van der Waals surface area contributed by atoms with Gasteiger partial charge in [-0.2, -0.15) is 4.98 Å². The fourth-order valence-electron chi connectivity index (χ4n) is 2.91. The van der Waals surface area contributed by atoms with Crippen LogP contribution in [-0.4, -0.2) is 33.8 Å². The number of ether oxygens (including phenoxy) is 1. The van der Waals surface area contributed by atoms with E-state index in [4.69, 9.17) is 9.26 Å². The number of methoxy groups -OCH3 is 1. The zero-order chi connectivity index (χ0) is 19.5. The third-order valence-electron chi connectivity index (χ3n) is 4.42. The zero-order valence-electron chi connectivity index (χ0n) is 16.1. The van der Waals surface area contributed by atoms with Gasteiger partial charge in [0.05, 0.1) is 17.9 Å². The van der Waals surface area contributed by atoms with Gasteiger partial charge in [0.25, 0.3) is 5.89 Å². The molecule has 3 aromatic heterocycles. The van der Waals surface area contributed by atoms with E-state index in [-0.39, 0.29) is 0 Å². The standard InChI is InChI=1S/C21H21N5O2/c1-13-4-7-15(8-5-13)24-19-16-9-6-14(2)23-20(16)22-12-17(19)21-25-18(26-28-21)10-11-27-3/h4-9,12H,10-11H2,1-3H3,(H,22,23,24). The smallest absolute Gasteiger partial charge is 0.261 e. The number of anilines is 2. The van der Waals surface area contributed by atoms with Crippen molar-refractivity contribution in [3.8, 4) is 11.5 Å². The number of aryl methyl sites for hydroxylation is 2. The molecule has 0 amide bonds. The molecule has 7 heteroatoms. The Kier molecular flexibility index (Phi) is 4.99. The van der Waals surface area contributed by atoms with Gasteiger partial charge in [-0.15, -0.1) is 0 Å². The molecule has 4 rings (SSSR count). The molecule has 4 aromatic rings. The number of fused-ring (bicyclic) bond motifs is 1. The van der Waals surface area contributed by atoms with Crippen molar-refractivity contribution >= 4 is 22.4 Å². The first-order valence-electron chi connectivity index (χ1n) is 9.06. The molecular weight excluding hydrogens is 354 g/mol. The third kappa shape index (κ3) is 3.70. The molecule has 1 aromatic carbocycles. The first kappa shape index (κ1) is 18.1. The monoisotopic (exact) mass is 375 g/mol. The van der Waals surface area contributed by atoms with Crippen LogP contribution in [0.25, 0.3) is 22.5 Å². The summed E-state index contributed by atoms with van der Waals surface area (Å²) in [4.78, 5) is 13.5. The van der Waals surface area contributed by atoms with Crippen LogP contribution in [0.15, 0.2) is 47.1 Å². The Morgan fingerprint density at radius 2 is 1.86 bits per heavy atom. The van der Waals surface area contributed by atoms with Gasteiger partial charge in [-0.25, -0.2) is 9.97 Å². The van der Waals surface area contributed by atoms with E-state index >= 15 is 0 Å². The highest BCUT2D eigenvalue weighted by molar-refractivity contribution is 5.98. The minimum absolute atomic E-state index is 0.413. The van der Waals surface area contributed by atoms with E-state index in [1.165, 1.54) is 5.56 Å². The predicted octanol–water partition coefficient (Wildman–Crippen LogP) is 4.23. The van der Waals surface area contributed by atoms with Crippen molar-refractivity contribution in [2.45, 2.75) is 20.3 Å². The van der Waals surface area contributed by atoms with Crippen LogP contribution in [0.1, 0.15) is 17.1 Å². The number of hydrogen-bond donors (Lipinski definition) is 1. The molecule has 0 fully saturated rings. The van der Waals surface area contributed by atoms with E-state index < -0.39 is 0 Å². The molecule has 7 nitrogen and oxygen atoms in total. The molecule has 0 bridgehead atoms. The summed E-state index contributed by atoms with van der Waals surface area (Å²) in [6.07, 6.45) is 2.31. The van der Waals surface area contributed by atoms with Crippen LogP contribution in [0.2, 0.25) is 0 Å². The molecule has 0 unspecified atom stereocenters. The van der Waals surface area contributed by atoms with Gasteiger partial charge in [0, 0.05) is 36.5 Å². The van der Waals surface area contributed by atoms with Crippen LogP contribution in [0.5, 0.6) is 0 Å². The largest absolute Gasteiger partial charge is 0.384 e. The van der Waals surface area contributed by atoms with Crippen LogP contribution in [0, 0.1) is 13.8 Å². The average molecular weight is 375 g/mol. The Morgan fingerprint density at radius 3 is 2.64 bits per heavy atom. The number of nitrogens with one attached hydrogen (secondary N) is 1. The van der Waals surface area contributed by atoms with Crippen molar-refractivity contribution < 1.29 is 9.26 Å². The summed E-state index contributed by atoms with van der Waals surface area (Å²) < 4.78 is 10.6. The second kappa shape index (κ2) is 7.74. The molecule has 0 spiro atoms. The number of aromatic nitrogens is 4. The molecule has 0 atom stereocenters. The lowest BCUT2D eigenvalue weighted by Crippen LogP contribution is -1.99. The minimum atomic E-state index is 0.413. The van der Waals surface area contributed by atoms with Gasteiger partial charge in [0.15, 0.2) is 11.5 Å². The second-order valence-corrected chi connectivity index (χ2v) is 6.62. The van der Waals surface area contributed by atoms with Gasteiger partial charge in [-0.1, -0.05) is 22.9 Å². The van der Waals surface area contributed by atoms with Gasteiger partial charge < -0.3 is 14.6 Å². The highest BCUT2D eigenvalue weighted by Crippen LogP contribution is 2.34. The Bertz CT molecular complexity index is 1110. The van der Waals surface area contributed by atoms with E-state index in [1.807, 2.05) is 31.2 Å². The van der Waals surface area contributed by atoms with Crippen molar-refractivity contribution in [3.63, 3.8) is 0 Å². The summed E-state index contributed by atoms with van der Waals surface area (Å²) in [5, 5.41) is 8.42.